The third-order valence-electron chi connectivity index (χ3n) is 5.23. The Morgan fingerprint density at radius 1 is 1.24 bits per heavy atom. The lowest BCUT2D eigenvalue weighted by Crippen LogP contribution is -2.43. The first-order chi connectivity index (χ1) is 10.2. The lowest BCUT2D eigenvalue weighted by Gasteiger charge is -2.40. The summed E-state index contributed by atoms with van der Waals surface area (Å²) in [7, 11) is 2.24. The highest BCUT2D eigenvalue weighted by Crippen LogP contribution is 2.38. The van der Waals surface area contributed by atoms with Crippen molar-refractivity contribution in [3.05, 3.63) is 29.3 Å². The zero-order valence-electron chi connectivity index (χ0n) is 13.4. The third kappa shape index (κ3) is 3.09. The van der Waals surface area contributed by atoms with Crippen molar-refractivity contribution in [3.63, 3.8) is 0 Å². The molecule has 0 bridgehead atoms. The van der Waals surface area contributed by atoms with Gasteiger partial charge in [0.05, 0.1) is 0 Å². The molecule has 1 heterocycles. The molecule has 0 saturated carbocycles. The Balaban J connectivity index is 1.91. The van der Waals surface area contributed by atoms with E-state index in [0.717, 1.165) is 6.42 Å². The van der Waals surface area contributed by atoms with Crippen LogP contribution in [0.25, 0.3) is 0 Å². The van der Waals surface area contributed by atoms with Gasteiger partial charge in [0, 0.05) is 25.2 Å². The molecule has 1 aliphatic carbocycles. The summed E-state index contributed by atoms with van der Waals surface area (Å²) in [5.74, 6) is 0.417. The highest BCUT2D eigenvalue weighted by atomic mass is 16.3. The molecule has 1 saturated heterocycles. The van der Waals surface area contributed by atoms with E-state index in [1.807, 2.05) is 12.1 Å². The highest BCUT2D eigenvalue weighted by Gasteiger charge is 2.32. The van der Waals surface area contributed by atoms with E-state index in [-0.39, 0.29) is 0 Å². The van der Waals surface area contributed by atoms with Crippen LogP contribution in [-0.2, 0) is 6.42 Å². The van der Waals surface area contributed by atoms with Gasteiger partial charge in [0.15, 0.2) is 0 Å². The first kappa shape index (κ1) is 14.9. The number of hydrogen-bond acceptors (Lipinski definition) is 3. The molecule has 0 spiro atoms. The predicted molar refractivity (Wildman–Crippen MR) is 86.7 cm³/mol. The van der Waals surface area contributed by atoms with Crippen molar-refractivity contribution in [2.45, 2.75) is 51.1 Å². The lowest BCUT2D eigenvalue weighted by molar-refractivity contribution is 0.115. The smallest absolute Gasteiger partial charge is 0.115 e. The van der Waals surface area contributed by atoms with Gasteiger partial charge < -0.3 is 10.0 Å². The van der Waals surface area contributed by atoms with Gasteiger partial charge in [-0.2, -0.15) is 0 Å². The summed E-state index contributed by atoms with van der Waals surface area (Å²) in [5.41, 5.74) is 2.82. The van der Waals surface area contributed by atoms with Crippen LogP contribution in [0.15, 0.2) is 18.2 Å². The van der Waals surface area contributed by atoms with Crippen LogP contribution in [-0.4, -0.2) is 47.6 Å². The molecule has 0 aromatic heterocycles. The Hall–Kier alpha value is -1.06. The van der Waals surface area contributed by atoms with Crippen LogP contribution in [0, 0.1) is 0 Å². The van der Waals surface area contributed by atoms with E-state index in [4.69, 9.17) is 0 Å². The van der Waals surface area contributed by atoms with Crippen molar-refractivity contribution in [2.24, 2.45) is 0 Å². The van der Waals surface area contributed by atoms with Crippen LogP contribution in [0.5, 0.6) is 5.75 Å². The fraction of sp³-hybridized carbons (Fsp3) is 0.667. The molecule has 1 aromatic carbocycles. The van der Waals surface area contributed by atoms with E-state index in [1.165, 1.54) is 56.4 Å². The van der Waals surface area contributed by atoms with Gasteiger partial charge in [-0.15, -0.1) is 0 Å². The molecule has 21 heavy (non-hydrogen) atoms. The Morgan fingerprint density at radius 3 is 2.90 bits per heavy atom. The Kier molecular flexibility index (Phi) is 4.51. The number of nitrogens with zero attached hydrogens (tertiary/aromatic N) is 2. The summed E-state index contributed by atoms with van der Waals surface area (Å²) >= 11 is 0. The summed E-state index contributed by atoms with van der Waals surface area (Å²) in [6.45, 7) is 5.86. The maximum absolute atomic E-state index is 9.90. The van der Waals surface area contributed by atoms with Crippen molar-refractivity contribution >= 4 is 0 Å². The number of aromatic hydroxyl groups is 1. The molecule has 1 aliphatic heterocycles. The van der Waals surface area contributed by atoms with Gasteiger partial charge in [-0.25, -0.2) is 0 Å². The van der Waals surface area contributed by atoms with Crippen LogP contribution in [0.2, 0.25) is 0 Å². The fourth-order valence-electron chi connectivity index (χ4n) is 4.14. The number of aryl methyl sites for hydroxylation is 1. The van der Waals surface area contributed by atoms with E-state index in [0.29, 0.717) is 17.8 Å². The summed E-state index contributed by atoms with van der Waals surface area (Å²) in [6.07, 6.45) is 6.12. The second kappa shape index (κ2) is 6.37. The lowest BCUT2D eigenvalue weighted by atomic mass is 9.85. The Bertz CT molecular complexity index is 488. The van der Waals surface area contributed by atoms with E-state index >= 15 is 0 Å². The van der Waals surface area contributed by atoms with Gasteiger partial charge >= 0.3 is 0 Å². The maximum Gasteiger partial charge on any atom is 0.115 e. The average Bonchev–Trinajstić information content (AvgIpc) is 2.67. The molecule has 1 aromatic rings. The van der Waals surface area contributed by atoms with Crippen LogP contribution < -0.4 is 0 Å². The van der Waals surface area contributed by atoms with Gasteiger partial charge in [-0.1, -0.05) is 13.0 Å². The Labute approximate surface area is 128 Å². The van der Waals surface area contributed by atoms with Crippen LogP contribution in [0.4, 0.5) is 0 Å². The van der Waals surface area contributed by atoms with Gasteiger partial charge in [-0.3, -0.25) is 4.90 Å². The van der Waals surface area contributed by atoms with E-state index in [1.54, 1.807) is 0 Å². The minimum atomic E-state index is 0.417. The molecule has 0 amide bonds. The SMILES string of the molecule is CCC1CN(C)CCCN1C1CCCc2ccc(O)cc21. The average molecular weight is 288 g/mol. The molecule has 2 aliphatic rings. The van der Waals surface area contributed by atoms with E-state index in [2.05, 4.69) is 29.8 Å². The number of hydrogen-bond donors (Lipinski definition) is 1. The van der Waals surface area contributed by atoms with Crippen molar-refractivity contribution in [1.82, 2.24) is 9.80 Å². The zero-order chi connectivity index (χ0) is 14.8. The van der Waals surface area contributed by atoms with Gasteiger partial charge in [0.25, 0.3) is 0 Å². The number of phenols is 1. The molecule has 1 N–H and O–H groups in total. The second-order valence-electron chi connectivity index (χ2n) is 6.71. The molecule has 3 nitrogen and oxygen atoms in total. The number of phenolic OH excluding ortho intramolecular Hbond substituents is 1. The summed E-state index contributed by atoms with van der Waals surface area (Å²) in [4.78, 5) is 5.20. The van der Waals surface area contributed by atoms with Crippen LogP contribution >= 0.6 is 0 Å². The number of rotatable bonds is 2. The highest BCUT2D eigenvalue weighted by molar-refractivity contribution is 5.38. The number of benzene rings is 1. The molecule has 3 heteroatoms. The molecule has 3 rings (SSSR count). The molecular weight excluding hydrogens is 260 g/mol. The number of fused-ring (bicyclic) bond motifs is 1. The van der Waals surface area contributed by atoms with Crippen molar-refractivity contribution in [2.75, 3.05) is 26.7 Å². The summed E-state index contributed by atoms with van der Waals surface area (Å²) < 4.78 is 0. The minimum absolute atomic E-state index is 0.417. The molecule has 0 radical (unpaired) electrons. The van der Waals surface area contributed by atoms with Crippen LogP contribution in [0.1, 0.15) is 49.8 Å². The van der Waals surface area contributed by atoms with Crippen LogP contribution in [0.3, 0.4) is 0 Å². The van der Waals surface area contributed by atoms with Crippen molar-refractivity contribution in [1.29, 1.82) is 0 Å². The van der Waals surface area contributed by atoms with Gasteiger partial charge in [-0.05, 0) is 69.0 Å². The normalized spacial score (nSPS) is 28.1. The first-order valence-corrected chi connectivity index (χ1v) is 8.45. The summed E-state index contributed by atoms with van der Waals surface area (Å²) in [5, 5.41) is 9.90. The zero-order valence-corrected chi connectivity index (χ0v) is 13.4. The largest absolute Gasteiger partial charge is 0.508 e. The van der Waals surface area contributed by atoms with E-state index in [9.17, 15) is 5.11 Å². The minimum Gasteiger partial charge on any atom is -0.508 e. The molecule has 1 fully saturated rings. The number of likely N-dealkylation sites (N-methyl/N-ethyl adjacent to an activating group) is 1. The van der Waals surface area contributed by atoms with Crippen molar-refractivity contribution in [3.8, 4) is 5.75 Å². The van der Waals surface area contributed by atoms with Gasteiger partial charge in [0.2, 0.25) is 0 Å². The Morgan fingerprint density at radius 2 is 2.10 bits per heavy atom. The molecule has 2 atom stereocenters. The quantitative estimate of drug-likeness (QED) is 0.905. The molecule has 116 valence electrons. The monoisotopic (exact) mass is 288 g/mol. The third-order valence-corrected chi connectivity index (χ3v) is 5.23. The predicted octanol–water partition coefficient (Wildman–Crippen LogP) is 3.19. The molecular formula is C18H28N2O. The topological polar surface area (TPSA) is 26.7 Å². The standard InChI is InChI=1S/C18H28N2O/c1-3-15-13-19(2)10-5-11-20(15)18-7-4-6-14-8-9-16(21)12-17(14)18/h8-9,12,15,18,21H,3-7,10-11,13H2,1-2H3. The fourth-order valence-corrected chi connectivity index (χ4v) is 4.14. The van der Waals surface area contributed by atoms with E-state index < -0.39 is 0 Å². The van der Waals surface area contributed by atoms with Crippen molar-refractivity contribution < 1.29 is 5.11 Å². The first-order valence-electron chi connectivity index (χ1n) is 8.45. The summed E-state index contributed by atoms with van der Waals surface area (Å²) in [6, 6.07) is 7.12. The maximum atomic E-state index is 9.90. The van der Waals surface area contributed by atoms with Gasteiger partial charge in [0.1, 0.15) is 5.75 Å². The second-order valence-corrected chi connectivity index (χ2v) is 6.71. The molecule has 2 unspecified atom stereocenters.